The zero-order chi connectivity index (χ0) is 12.3. The second-order valence-electron chi connectivity index (χ2n) is 3.81. The van der Waals surface area contributed by atoms with Gasteiger partial charge in [0.25, 0.3) is 0 Å². The second-order valence-corrected chi connectivity index (χ2v) is 5.09. The molecule has 6 heteroatoms. The lowest BCUT2D eigenvalue weighted by atomic mass is 10.4. The predicted molar refractivity (Wildman–Crippen MR) is 74.0 cm³/mol. The van der Waals surface area contributed by atoms with E-state index >= 15 is 0 Å². The van der Waals surface area contributed by atoms with Crippen LogP contribution in [0.15, 0.2) is 18.6 Å². The molecule has 0 amide bonds. The predicted octanol–water partition coefficient (Wildman–Crippen LogP) is 1.93. The highest BCUT2D eigenvalue weighted by Crippen LogP contribution is 2.16. The highest BCUT2D eigenvalue weighted by atomic mass is 32.2. The van der Waals surface area contributed by atoms with Crippen LogP contribution in [0.1, 0.15) is 6.92 Å². The largest absolute Gasteiger partial charge is 0.372 e. The van der Waals surface area contributed by atoms with Crippen molar-refractivity contribution in [3.8, 4) is 0 Å². The zero-order valence-electron chi connectivity index (χ0n) is 10.3. The molecule has 0 fully saturated rings. The summed E-state index contributed by atoms with van der Waals surface area (Å²) in [5.74, 6) is 1.65. The van der Waals surface area contributed by atoms with Crippen LogP contribution in [-0.4, -0.2) is 39.5 Å². The highest BCUT2D eigenvalue weighted by Gasteiger charge is 2.07. The van der Waals surface area contributed by atoms with E-state index in [0.29, 0.717) is 5.25 Å². The van der Waals surface area contributed by atoms with Crippen LogP contribution in [0.4, 0.5) is 11.6 Å². The quantitative estimate of drug-likeness (QED) is 0.850. The van der Waals surface area contributed by atoms with Gasteiger partial charge in [0.15, 0.2) is 11.5 Å². The number of fused-ring (bicyclic) bond motifs is 1. The van der Waals surface area contributed by atoms with Gasteiger partial charge < -0.3 is 15.0 Å². The number of rotatable bonds is 5. The SMILES string of the molecule is CNc1cn2ccnc2c(NCC(C)SC)n1. The fourth-order valence-electron chi connectivity index (χ4n) is 1.49. The average Bonchev–Trinajstić information content (AvgIpc) is 2.83. The van der Waals surface area contributed by atoms with E-state index in [2.05, 4.69) is 33.8 Å². The number of nitrogens with one attached hydrogen (secondary N) is 2. The Hall–Kier alpha value is -1.43. The van der Waals surface area contributed by atoms with Crippen LogP contribution in [0.2, 0.25) is 0 Å². The van der Waals surface area contributed by atoms with Crippen LogP contribution in [0, 0.1) is 0 Å². The van der Waals surface area contributed by atoms with Crippen LogP contribution in [0.5, 0.6) is 0 Å². The van der Waals surface area contributed by atoms with Crippen LogP contribution < -0.4 is 10.6 Å². The molecule has 0 aliphatic rings. The molecule has 2 aromatic rings. The Morgan fingerprint density at radius 1 is 1.53 bits per heavy atom. The Morgan fingerprint density at radius 2 is 2.35 bits per heavy atom. The van der Waals surface area contributed by atoms with Crippen molar-refractivity contribution in [1.29, 1.82) is 0 Å². The van der Waals surface area contributed by atoms with E-state index in [1.54, 1.807) is 6.20 Å². The Bertz CT molecular complexity index is 496. The minimum atomic E-state index is 0.546. The summed E-state index contributed by atoms with van der Waals surface area (Å²) in [7, 11) is 1.86. The van der Waals surface area contributed by atoms with Crippen molar-refractivity contribution in [3.63, 3.8) is 0 Å². The summed E-state index contributed by atoms with van der Waals surface area (Å²) in [4.78, 5) is 8.78. The van der Waals surface area contributed by atoms with Gasteiger partial charge >= 0.3 is 0 Å². The van der Waals surface area contributed by atoms with E-state index in [1.165, 1.54) is 0 Å². The van der Waals surface area contributed by atoms with E-state index in [4.69, 9.17) is 0 Å². The number of thioether (sulfide) groups is 1. The Balaban J connectivity index is 2.27. The van der Waals surface area contributed by atoms with Crippen LogP contribution in [-0.2, 0) is 0 Å². The average molecular weight is 251 g/mol. The van der Waals surface area contributed by atoms with Gasteiger partial charge in [-0.05, 0) is 6.26 Å². The van der Waals surface area contributed by atoms with Gasteiger partial charge in [-0.3, -0.25) is 0 Å². The lowest BCUT2D eigenvalue weighted by Gasteiger charge is -2.12. The Labute approximate surface area is 105 Å². The van der Waals surface area contributed by atoms with Gasteiger partial charge in [-0.2, -0.15) is 11.8 Å². The molecular weight excluding hydrogens is 234 g/mol. The molecule has 92 valence electrons. The first kappa shape index (κ1) is 12.0. The number of hydrogen-bond donors (Lipinski definition) is 2. The highest BCUT2D eigenvalue weighted by molar-refractivity contribution is 7.99. The summed E-state index contributed by atoms with van der Waals surface area (Å²) < 4.78 is 1.96. The summed E-state index contributed by atoms with van der Waals surface area (Å²) in [6, 6.07) is 0. The molecule has 0 aliphatic heterocycles. The van der Waals surface area contributed by atoms with Crippen LogP contribution in [0.3, 0.4) is 0 Å². The lowest BCUT2D eigenvalue weighted by Crippen LogP contribution is -2.15. The first-order chi connectivity index (χ1) is 8.24. The summed E-state index contributed by atoms with van der Waals surface area (Å²) >= 11 is 1.83. The molecule has 17 heavy (non-hydrogen) atoms. The first-order valence-electron chi connectivity index (χ1n) is 5.52. The lowest BCUT2D eigenvalue weighted by molar-refractivity contribution is 0.985. The molecule has 0 aliphatic carbocycles. The fraction of sp³-hybridized carbons (Fsp3) is 0.455. The Morgan fingerprint density at radius 3 is 3.06 bits per heavy atom. The smallest absolute Gasteiger partial charge is 0.180 e. The molecule has 0 bridgehead atoms. The number of hydrogen-bond acceptors (Lipinski definition) is 5. The van der Waals surface area contributed by atoms with Crippen molar-refractivity contribution in [3.05, 3.63) is 18.6 Å². The first-order valence-corrected chi connectivity index (χ1v) is 6.81. The van der Waals surface area contributed by atoms with Crippen molar-refractivity contribution in [2.24, 2.45) is 0 Å². The number of anilines is 2. The fourth-order valence-corrected chi connectivity index (χ4v) is 1.74. The van der Waals surface area contributed by atoms with Crippen LogP contribution in [0.25, 0.3) is 5.65 Å². The molecule has 0 spiro atoms. The van der Waals surface area contributed by atoms with Gasteiger partial charge in [0.05, 0.1) is 6.20 Å². The van der Waals surface area contributed by atoms with Gasteiger partial charge in [-0.25, -0.2) is 9.97 Å². The van der Waals surface area contributed by atoms with E-state index in [1.807, 2.05) is 35.6 Å². The molecule has 2 N–H and O–H groups in total. The summed E-state index contributed by atoms with van der Waals surface area (Å²) in [5, 5.41) is 6.94. The topological polar surface area (TPSA) is 54.2 Å². The maximum Gasteiger partial charge on any atom is 0.180 e. The Kier molecular flexibility index (Phi) is 3.73. The summed E-state index contributed by atoms with van der Waals surface area (Å²) in [6.45, 7) is 3.06. The van der Waals surface area contributed by atoms with Crippen molar-refractivity contribution < 1.29 is 0 Å². The molecule has 1 atom stereocenters. The molecule has 1 unspecified atom stereocenters. The monoisotopic (exact) mass is 251 g/mol. The van der Waals surface area contributed by atoms with E-state index in [-0.39, 0.29) is 0 Å². The van der Waals surface area contributed by atoms with Crippen LogP contribution >= 0.6 is 11.8 Å². The molecular formula is C11H17N5S. The minimum Gasteiger partial charge on any atom is -0.372 e. The molecule has 2 heterocycles. The van der Waals surface area contributed by atoms with E-state index in [0.717, 1.165) is 23.8 Å². The second kappa shape index (κ2) is 5.27. The van der Waals surface area contributed by atoms with Crippen molar-refractivity contribution in [2.75, 3.05) is 30.5 Å². The van der Waals surface area contributed by atoms with Crippen molar-refractivity contribution >= 4 is 29.0 Å². The third kappa shape index (κ3) is 2.63. The van der Waals surface area contributed by atoms with Crippen molar-refractivity contribution in [1.82, 2.24) is 14.4 Å². The zero-order valence-corrected chi connectivity index (χ0v) is 11.1. The standard InChI is InChI=1S/C11H17N5S/c1-8(17-3)6-14-10-11-13-4-5-16(11)7-9(12-2)15-10/h4-5,7-8,12H,6H2,1-3H3,(H,14,15). The number of nitrogens with zero attached hydrogens (tertiary/aromatic N) is 3. The van der Waals surface area contributed by atoms with Crippen molar-refractivity contribution in [2.45, 2.75) is 12.2 Å². The van der Waals surface area contributed by atoms with Gasteiger partial charge in [0, 0.05) is 31.2 Å². The normalized spacial score (nSPS) is 12.6. The number of aromatic nitrogens is 3. The van der Waals surface area contributed by atoms with Gasteiger partial charge in [0.2, 0.25) is 0 Å². The molecule has 2 rings (SSSR count). The summed E-state index contributed by atoms with van der Waals surface area (Å²) in [5.41, 5.74) is 0.859. The molecule has 0 aromatic carbocycles. The maximum atomic E-state index is 4.48. The third-order valence-electron chi connectivity index (χ3n) is 2.59. The van der Waals surface area contributed by atoms with E-state index in [9.17, 15) is 0 Å². The minimum absolute atomic E-state index is 0.546. The molecule has 5 nitrogen and oxygen atoms in total. The molecule has 2 aromatic heterocycles. The van der Waals surface area contributed by atoms with Gasteiger partial charge in [-0.15, -0.1) is 0 Å². The molecule has 0 saturated carbocycles. The summed E-state index contributed by atoms with van der Waals surface area (Å²) in [6.07, 6.45) is 7.72. The molecule has 0 radical (unpaired) electrons. The van der Waals surface area contributed by atoms with E-state index < -0.39 is 0 Å². The van der Waals surface area contributed by atoms with Gasteiger partial charge in [-0.1, -0.05) is 6.92 Å². The maximum absolute atomic E-state index is 4.48. The van der Waals surface area contributed by atoms with Gasteiger partial charge in [0.1, 0.15) is 5.82 Å². The molecule has 0 saturated heterocycles. The third-order valence-corrected chi connectivity index (χ3v) is 3.56. The number of imidazole rings is 1.